The normalized spacial score (nSPS) is 21.8. The fourth-order valence-electron chi connectivity index (χ4n) is 3.36. The van der Waals surface area contributed by atoms with Gasteiger partial charge >= 0.3 is 0 Å². The Labute approximate surface area is 157 Å². The number of benzene rings is 2. The van der Waals surface area contributed by atoms with E-state index >= 15 is 4.39 Å². The third-order valence-electron chi connectivity index (χ3n) is 4.76. The van der Waals surface area contributed by atoms with Gasteiger partial charge in [0.05, 0.1) is 0 Å². The van der Waals surface area contributed by atoms with E-state index in [1.807, 2.05) is 0 Å². The van der Waals surface area contributed by atoms with Gasteiger partial charge in [-0.3, -0.25) is 0 Å². The molecule has 0 bridgehead atoms. The van der Waals surface area contributed by atoms with Crippen molar-refractivity contribution in [1.82, 2.24) is 10.0 Å². The van der Waals surface area contributed by atoms with Gasteiger partial charge in [0, 0.05) is 37.0 Å². The maximum absolute atomic E-state index is 15.0. The minimum atomic E-state index is -2.49. The lowest BCUT2D eigenvalue weighted by atomic mass is 9.96. The van der Waals surface area contributed by atoms with Crippen molar-refractivity contribution in [3.05, 3.63) is 59.4 Å². The van der Waals surface area contributed by atoms with E-state index in [4.69, 9.17) is 0 Å². The summed E-state index contributed by atoms with van der Waals surface area (Å²) in [6, 6.07) is 7.56. The summed E-state index contributed by atoms with van der Waals surface area (Å²) in [5.41, 5.74) is 0.734. The largest absolute Gasteiger partial charge is 0.312 e. The molecule has 1 saturated heterocycles. The van der Waals surface area contributed by atoms with Gasteiger partial charge in [-0.15, -0.1) is 0 Å². The average molecular weight is 397 g/mol. The minimum absolute atomic E-state index is 0.110. The summed E-state index contributed by atoms with van der Waals surface area (Å²) in [6.07, 6.45) is 2.64. The number of halogens is 3. The molecular weight excluding hydrogens is 375 g/mol. The van der Waals surface area contributed by atoms with Gasteiger partial charge < -0.3 is 5.32 Å². The molecule has 0 aliphatic carbocycles. The highest BCUT2D eigenvalue weighted by Crippen LogP contribution is 2.28. The first kappa shape index (κ1) is 19.9. The Balaban J connectivity index is 1.87. The molecule has 1 aliphatic rings. The maximum Gasteiger partial charge on any atom is 0.134 e. The Hall–Kier alpha value is -1.90. The Bertz CT molecular complexity index is 937. The topological polar surface area (TPSA) is 53.5 Å². The maximum atomic E-state index is 15.0. The Morgan fingerprint density at radius 3 is 2.59 bits per heavy atom. The molecule has 1 fully saturated rings. The average Bonchev–Trinajstić information content (AvgIpc) is 3.02. The first-order valence-electron chi connectivity index (χ1n) is 8.64. The van der Waals surface area contributed by atoms with E-state index < -0.39 is 27.4 Å². The molecular formula is C19H22F3N3OS. The molecule has 3 unspecified atom stereocenters. The standard InChI is InChI=1S/C19H22F3N3OS/c1-23-27(2,26)25-17-6-7-24-18(17)10-12-4-3-5-16(19(12)22)13-8-14(20)11-15(21)9-13/h3-5,8-9,11,17-18,24H,6-7,10H2,1-2H3,(H,23,25,26). The van der Waals surface area contributed by atoms with Crippen LogP contribution in [0.15, 0.2) is 40.8 Å². The van der Waals surface area contributed by atoms with Crippen LogP contribution >= 0.6 is 0 Å². The first-order chi connectivity index (χ1) is 12.8. The molecule has 0 radical (unpaired) electrons. The molecule has 1 aliphatic heterocycles. The summed E-state index contributed by atoms with van der Waals surface area (Å²) < 4.78 is 61.2. The van der Waals surface area contributed by atoms with Crippen LogP contribution in [0.5, 0.6) is 0 Å². The minimum Gasteiger partial charge on any atom is -0.312 e. The molecule has 3 atom stereocenters. The monoisotopic (exact) mass is 397 g/mol. The van der Waals surface area contributed by atoms with Crippen molar-refractivity contribution in [2.75, 3.05) is 19.8 Å². The predicted octanol–water partition coefficient (Wildman–Crippen LogP) is 3.28. The van der Waals surface area contributed by atoms with Crippen LogP contribution in [0, 0.1) is 17.5 Å². The van der Waals surface area contributed by atoms with Crippen LogP contribution in [0.25, 0.3) is 11.1 Å². The number of hydrogen-bond acceptors (Lipinski definition) is 3. The summed E-state index contributed by atoms with van der Waals surface area (Å²) in [7, 11) is -0.997. The Kier molecular flexibility index (Phi) is 5.88. The molecule has 27 heavy (non-hydrogen) atoms. The molecule has 0 aromatic heterocycles. The van der Waals surface area contributed by atoms with Crippen molar-refractivity contribution in [2.24, 2.45) is 4.36 Å². The fourth-order valence-corrected chi connectivity index (χ4v) is 4.31. The van der Waals surface area contributed by atoms with Crippen molar-refractivity contribution in [1.29, 1.82) is 0 Å². The molecule has 2 N–H and O–H groups in total. The molecule has 4 nitrogen and oxygen atoms in total. The number of nitrogens with one attached hydrogen (secondary N) is 2. The summed E-state index contributed by atoms with van der Waals surface area (Å²) >= 11 is 0. The van der Waals surface area contributed by atoms with E-state index in [1.165, 1.54) is 19.4 Å². The Morgan fingerprint density at radius 1 is 1.22 bits per heavy atom. The number of nitrogens with zero attached hydrogens (tertiary/aromatic N) is 1. The van der Waals surface area contributed by atoms with Crippen LogP contribution in [-0.4, -0.2) is 36.1 Å². The zero-order chi connectivity index (χ0) is 19.6. The van der Waals surface area contributed by atoms with E-state index in [0.717, 1.165) is 31.2 Å². The van der Waals surface area contributed by atoms with E-state index in [0.29, 0.717) is 12.0 Å². The van der Waals surface area contributed by atoms with Crippen molar-refractivity contribution < 1.29 is 17.4 Å². The van der Waals surface area contributed by atoms with Gasteiger partial charge in [-0.2, -0.15) is 0 Å². The van der Waals surface area contributed by atoms with E-state index in [-0.39, 0.29) is 23.2 Å². The van der Waals surface area contributed by atoms with Crippen LogP contribution in [-0.2, 0) is 16.3 Å². The van der Waals surface area contributed by atoms with Crippen LogP contribution in [0.4, 0.5) is 13.2 Å². The summed E-state index contributed by atoms with van der Waals surface area (Å²) in [5.74, 6) is -2.01. The second kappa shape index (κ2) is 8.00. The summed E-state index contributed by atoms with van der Waals surface area (Å²) in [4.78, 5) is 0. The third kappa shape index (κ3) is 4.69. The third-order valence-corrected chi connectivity index (χ3v) is 6.19. The highest BCUT2D eigenvalue weighted by atomic mass is 32.2. The molecule has 2 aromatic carbocycles. The second-order valence-electron chi connectivity index (χ2n) is 6.70. The van der Waals surface area contributed by atoms with Gasteiger partial charge in [-0.1, -0.05) is 18.2 Å². The van der Waals surface area contributed by atoms with Gasteiger partial charge in [-0.05, 0) is 42.6 Å². The lowest BCUT2D eigenvalue weighted by Crippen LogP contribution is -2.44. The zero-order valence-corrected chi connectivity index (χ0v) is 16.0. The van der Waals surface area contributed by atoms with Gasteiger partial charge in [0.2, 0.25) is 0 Å². The molecule has 0 amide bonds. The van der Waals surface area contributed by atoms with E-state index in [1.54, 1.807) is 12.1 Å². The molecule has 146 valence electrons. The van der Waals surface area contributed by atoms with Crippen LogP contribution in [0.1, 0.15) is 12.0 Å². The van der Waals surface area contributed by atoms with Crippen LogP contribution in [0.3, 0.4) is 0 Å². The van der Waals surface area contributed by atoms with Gasteiger partial charge in [-0.25, -0.2) is 26.5 Å². The van der Waals surface area contributed by atoms with Crippen molar-refractivity contribution in [3.63, 3.8) is 0 Å². The number of rotatable bonds is 5. The lowest BCUT2D eigenvalue weighted by molar-refractivity contribution is 0.496. The number of hydrogen-bond donors (Lipinski definition) is 2. The van der Waals surface area contributed by atoms with Gasteiger partial charge in [0.15, 0.2) is 0 Å². The molecule has 8 heteroatoms. The lowest BCUT2D eigenvalue weighted by Gasteiger charge is -2.22. The SMILES string of the molecule is CN=S(C)(=O)NC1CCNC1Cc1cccc(-c2cc(F)cc(F)c2)c1F. The van der Waals surface area contributed by atoms with Crippen molar-refractivity contribution in [2.45, 2.75) is 24.9 Å². The highest BCUT2D eigenvalue weighted by Gasteiger charge is 2.29. The van der Waals surface area contributed by atoms with Crippen molar-refractivity contribution >= 4 is 9.92 Å². The van der Waals surface area contributed by atoms with E-state index in [2.05, 4.69) is 14.4 Å². The first-order valence-corrected chi connectivity index (χ1v) is 10.6. The molecule has 2 aromatic rings. The highest BCUT2D eigenvalue weighted by molar-refractivity contribution is 7.91. The van der Waals surface area contributed by atoms with Crippen LogP contribution < -0.4 is 10.0 Å². The predicted molar refractivity (Wildman–Crippen MR) is 101 cm³/mol. The van der Waals surface area contributed by atoms with Crippen LogP contribution in [0.2, 0.25) is 0 Å². The van der Waals surface area contributed by atoms with E-state index in [9.17, 15) is 13.0 Å². The summed E-state index contributed by atoms with van der Waals surface area (Å²) in [5, 5.41) is 3.29. The van der Waals surface area contributed by atoms with Crippen molar-refractivity contribution in [3.8, 4) is 11.1 Å². The Morgan fingerprint density at radius 2 is 1.93 bits per heavy atom. The molecule has 0 saturated carbocycles. The van der Waals surface area contributed by atoms with Gasteiger partial charge in [0.25, 0.3) is 0 Å². The molecule has 1 heterocycles. The van der Waals surface area contributed by atoms with Gasteiger partial charge in [0.1, 0.15) is 27.4 Å². The molecule has 3 rings (SSSR count). The second-order valence-corrected chi connectivity index (χ2v) is 8.91. The fraction of sp³-hybridized carbons (Fsp3) is 0.368. The smallest absolute Gasteiger partial charge is 0.134 e. The quantitative estimate of drug-likeness (QED) is 0.814. The molecule has 0 spiro atoms. The summed E-state index contributed by atoms with van der Waals surface area (Å²) in [6.45, 7) is 0.720. The zero-order valence-electron chi connectivity index (χ0n) is 15.1.